The number of aliphatic hydroxyl groups excluding tert-OH is 3. The maximum Gasteiger partial charge on any atom is 0.141 e. The van der Waals surface area contributed by atoms with E-state index in [1.54, 1.807) is 0 Å². The third kappa shape index (κ3) is 8.59. The van der Waals surface area contributed by atoms with Crippen molar-refractivity contribution in [2.75, 3.05) is 26.4 Å². The lowest BCUT2D eigenvalue weighted by Gasteiger charge is -2.25. The lowest BCUT2D eigenvalue weighted by atomic mass is 10.1. The molecule has 0 amide bonds. The highest BCUT2D eigenvalue weighted by atomic mass is 16.5. The average molecular weight is 324 g/mol. The summed E-state index contributed by atoms with van der Waals surface area (Å²) in [7, 11) is 0. The molecule has 11 nitrogen and oxygen atoms in total. The number of aliphatic hydroxyl groups is 3. The van der Waals surface area contributed by atoms with Gasteiger partial charge in [-0.3, -0.25) is 0 Å². The quantitative estimate of drug-likeness (QED) is 0.0660. The summed E-state index contributed by atoms with van der Waals surface area (Å²) in [5.74, 6) is -0.0760. The van der Waals surface area contributed by atoms with Crippen LogP contribution in [-0.4, -0.2) is 82.1 Å². The predicted molar refractivity (Wildman–Crippen MR) is 75.7 cm³/mol. The summed E-state index contributed by atoms with van der Waals surface area (Å²) in [5, 5.41) is 50.9. The number of rotatable bonds is 12. The summed E-state index contributed by atoms with van der Waals surface area (Å²) in [4.78, 5) is 0. The number of ether oxygens (including phenoxy) is 2. The molecular weight excluding hydrogens is 300 g/mol. The van der Waals surface area contributed by atoms with Gasteiger partial charge in [0.05, 0.1) is 26.4 Å². The van der Waals surface area contributed by atoms with Crippen LogP contribution in [0.2, 0.25) is 0 Å². The van der Waals surface area contributed by atoms with Gasteiger partial charge in [0.2, 0.25) is 0 Å². The molecule has 0 bridgehead atoms. The van der Waals surface area contributed by atoms with Crippen molar-refractivity contribution in [3.05, 3.63) is 0 Å². The zero-order chi connectivity index (χ0) is 17.0. The minimum Gasteiger partial charge on any atom is -0.409 e. The molecule has 22 heavy (non-hydrogen) atoms. The molecule has 0 saturated heterocycles. The number of amidine groups is 2. The maximum absolute atomic E-state index is 9.84. The van der Waals surface area contributed by atoms with Gasteiger partial charge in [-0.05, 0) is 0 Å². The Hall–Kier alpha value is -1.66. The largest absolute Gasteiger partial charge is 0.409 e. The Bertz CT molecular complexity index is 353. The van der Waals surface area contributed by atoms with E-state index in [0.29, 0.717) is 0 Å². The van der Waals surface area contributed by atoms with Gasteiger partial charge in [-0.2, -0.15) is 0 Å². The minimum absolute atomic E-state index is 0.00471. The molecular formula is C11H24N4O7. The summed E-state index contributed by atoms with van der Waals surface area (Å²) in [6.07, 6.45) is -3.46. The van der Waals surface area contributed by atoms with E-state index in [1.165, 1.54) is 0 Å². The zero-order valence-corrected chi connectivity index (χ0v) is 12.1. The zero-order valence-electron chi connectivity index (χ0n) is 12.1. The molecule has 0 aliphatic heterocycles. The summed E-state index contributed by atoms with van der Waals surface area (Å²) >= 11 is 0. The number of nitrogens with zero attached hydrogens (tertiary/aromatic N) is 2. The first kappa shape index (κ1) is 20.3. The first-order valence-electron chi connectivity index (χ1n) is 6.55. The third-order valence-electron chi connectivity index (χ3n) is 2.69. The first-order chi connectivity index (χ1) is 10.5. The molecule has 0 saturated carbocycles. The Morgan fingerprint density at radius 2 is 1.55 bits per heavy atom. The molecule has 0 heterocycles. The van der Waals surface area contributed by atoms with E-state index in [2.05, 4.69) is 10.3 Å². The molecule has 3 unspecified atom stereocenters. The Kier molecular flexibility index (Phi) is 11.0. The number of hydrogen-bond acceptors (Lipinski definition) is 9. The van der Waals surface area contributed by atoms with Gasteiger partial charge >= 0.3 is 0 Å². The molecule has 0 aliphatic rings. The predicted octanol–water partition coefficient (Wildman–Crippen LogP) is -2.62. The van der Waals surface area contributed by atoms with Crippen LogP contribution in [0.3, 0.4) is 0 Å². The second kappa shape index (κ2) is 11.9. The SMILES string of the molecule is NC(CCOCC(O)C(O)C(CO)OCCC(N)=NO)=NO. The molecule has 0 aromatic carbocycles. The molecule has 0 spiro atoms. The fraction of sp³-hybridized carbons (Fsp3) is 0.818. The third-order valence-corrected chi connectivity index (χ3v) is 2.69. The smallest absolute Gasteiger partial charge is 0.141 e. The van der Waals surface area contributed by atoms with Gasteiger partial charge in [-0.25, -0.2) is 0 Å². The lowest BCUT2D eigenvalue weighted by Crippen LogP contribution is -2.44. The molecule has 0 rings (SSSR count). The van der Waals surface area contributed by atoms with E-state index in [0.717, 1.165) is 0 Å². The number of hydrogen-bond donors (Lipinski definition) is 7. The molecule has 11 heteroatoms. The van der Waals surface area contributed by atoms with Gasteiger partial charge in [-0.15, -0.1) is 0 Å². The average Bonchev–Trinajstić information content (AvgIpc) is 2.54. The minimum atomic E-state index is -1.39. The van der Waals surface area contributed by atoms with Crippen molar-refractivity contribution >= 4 is 11.7 Å². The van der Waals surface area contributed by atoms with E-state index in [1.807, 2.05) is 0 Å². The van der Waals surface area contributed by atoms with Crippen molar-refractivity contribution in [1.82, 2.24) is 0 Å². The summed E-state index contributed by atoms with van der Waals surface area (Å²) in [6, 6.07) is 0. The van der Waals surface area contributed by atoms with Gasteiger partial charge in [0, 0.05) is 12.8 Å². The van der Waals surface area contributed by atoms with Crippen LogP contribution in [0.15, 0.2) is 10.3 Å². The van der Waals surface area contributed by atoms with Crippen LogP contribution in [0.5, 0.6) is 0 Å². The van der Waals surface area contributed by atoms with Crippen LogP contribution in [0, 0.1) is 0 Å². The molecule has 0 aromatic rings. The monoisotopic (exact) mass is 324 g/mol. The topological polar surface area (TPSA) is 196 Å². The van der Waals surface area contributed by atoms with Crippen molar-refractivity contribution in [2.24, 2.45) is 21.8 Å². The fourth-order valence-corrected chi connectivity index (χ4v) is 1.40. The van der Waals surface area contributed by atoms with Crippen molar-refractivity contribution in [3.8, 4) is 0 Å². The van der Waals surface area contributed by atoms with Crippen molar-refractivity contribution in [3.63, 3.8) is 0 Å². The summed E-state index contributed by atoms with van der Waals surface area (Å²) < 4.78 is 10.2. The van der Waals surface area contributed by atoms with Crippen LogP contribution in [0.25, 0.3) is 0 Å². The van der Waals surface area contributed by atoms with Crippen LogP contribution in [0.1, 0.15) is 12.8 Å². The summed E-state index contributed by atoms with van der Waals surface area (Å²) in [5.41, 5.74) is 10.5. The highest BCUT2D eigenvalue weighted by Gasteiger charge is 2.26. The Morgan fingerprint density at radius 3 is 2.05 bits per heavy atom. The van der Waals surface area contributed by atoms with Gasteiger partial charge in [0.25, 0.3) is 0 Å². The number of oxime groups is 2. The molecule has 0 fully saturated rings. The first-order valence-corrected chi connectivity index (χ1v) is 6.55. The van der Waals surface area contributed by atoms with Crippen molar-refractivity contribution in [2.45, 2.75) is 31.2 Å². The lowest BCUT2D eigenvalue weighted by molar-refractivity contribution is -0.121. The van der Waals surface area contributed by atoms with E-state index in [4.69, 9.17) is 36.5 Å². The summed E-state index contributed by atoms with van der Waals surface area (Å²) in [6.45, 7) is -0.665. The van der Waals surface area contributed by atoms with Crippen LogP contribution in [-0.2, 0) is 9.47 Å². The standard InChI is InChI=1S/C11H24N4O7/c12-9(14-19)1-3-21-6-7(17)11(18)8(5-16)22-4-2-10(13)15-20/h7-8,11,16-20H,1-6H2,(H2,12,14)(H2,13,15). The van der Waals surface area contributed by atoms with Gasteiger partial charge in [0.1, 0.15) is 30.0 Å². The Labute approximate surface area is 127 Å². The van der Waals surface area contributed by atoms with Gasteiger partial charge in [0.15, 0.2) is 0 Å². The van der Waals surface area contributed by atoms with Crippen LogP contribution < -0.4 is 11.5 Å². The molecule has 3 atom stereocenters. The molecule has 9 N–H and O–H groups in total. The highest BCUT2D eigenvalue weighted by Crippen LogP contribution is 2.06. The Balaban J connectivity index is 4.07. The van der Waals surface area contributed by atoms with Crippen LogP contribution >= 0.6 is 0 Å². The van der Waals surface area contributed by atoms with Gasteiger partial charge < -0.3 is 46.7 Å². The molecule has 130 valence electrons. The van der Waals surface area contributed by atoms with Crippen LogP contribution in [0.4, 0.5) is 0 Å². The van der Waals surface area contributed by atoms with E-state index in [-0.39, 0.29) is 44.3 Å². The van der Waals surface area contributed by atoms with E-state index >= 15 is 0 Å². The highest BCUT2D eigenvalue weighted by molar-refractivity contribution is 5.79. The second-order valence-corrected chi connectivity index (χ2v) is 4.41. The Morgan fingerprint density at radius 1 is 1.00 bits per heavy atom. The fourth-order valence-electron chi connectivity index (χ4n) is 1.40. The maximum atomic E-state index is 9.84. The van der Waals surface area contributed by atoms with Crippen molar-refractivity contribution < 1.29 is 35.2 Å². The van der Waals surface area contributed by atoms with E-state index < -0.39 is 24.9 Å². The normalized spacial score (nSPS) is 17.2. The van der Waals surface area contributed by atoms with E-state index in [9.17, 15) is 10.2 Å². The van der Waals surface area contributed by atoms with Crippen molar-refractivity contribution in [1.29, 1.82) is 0 Å². The van der Waals surface area contributed by atoms with Gasteiger partial charge in [-0.1, -0.05) is 10.3 Å². The molecule has 0 aromatic heterocycles. The number of nitrogens with two attached hydrogens (primary N) is 2. The second-order valence-electron chi connectivity index (χ2n) is 4.41. The molecule has 0 aliphatic carbocycles. The molecule has 0 radical (unpaired) electrons.